The predicted molar refractivity (Wildman–Crippen MR) is 116 cm³/mol. The number of fused-ring (bicyclic) bond motifs is 1. The van der Waals surface area contributed by atoms with Crippen molar-refractivity contribution in [3.63, 3.8) is 0 Å². The number of hydrogen-bond acceptors (Lipinski definition) is 5. The lowest BCUT2D eigenvalue weighted by atomic mass is 10.2. The second-order valence-electron chi connectivity index (χ2n) is 6.89. The molecule has 7 nitrogen and oxygen atoms in total. The third-order valence-electron chi connectivity index (χ3n) is 5.10. The molecule has 1 aromatic heterocycles. The Bertz CT molecular complexity index is 1010. The van der Waals surface area contributed by atoms with Crippen LogP contribution in [0.15, 0.2) is 42.5 Å². The van der Waals surface area contributed by atoms with Crippen molar-refractivity contribution in [3.8, 4) is 0 Å². The van der Waals surface area contributed by atoms with Crippen LogP contribution >= 0.6 is 11.3 Å². The Balaban J connectivity index is 1.95. The summed E-state index contributed by atoms with van der Waals surface area (Å²) in [5.74, 6) is -0.192. The second kappa shape index (κ2) is 9.11. The van der Waals surface area contributed by atoms with Crippen LogP contribution in [0.3, 0.4) is 0 Å². The van der Waals surface area contributed by atoms with E-state index in [9.17, 15) is 14.9 Å². The molecule has 3 rings (SSSR count). The number of non-ortho nitro benzene ring substituents is 1. The number of nitro benzene ring substituents is 1. The molecule has 0 radical (unpaired) electrons. The zero-order chi connectivity index (χ0) is 21.0. The number of hydrogen-bond donors (Lipinski definition) is 1. The minimum atomic E-state index is -0.466. The summed E-state index contributed by atoms with van der Waals surface area (Å²) in [6.45, 7) is 9.56. The number of rotatable bonds is 8. The van der Waals surface area contributed by atoms with Gasteiger partial charge >= 0.3 is 0 Å². The zero-order valence-corrected chi connectivity index (χ0v) is 17.7. The summed E-state index contributed by atoms with van der Waals surface area (Å²) in [7, 11) is 0. The first-order valence-electron chi connectivity index (χ1n) is 9.70. The van der Waals surface area contributed by atoms with Crippen molar-refractivity contribution in [1.29, 1.82) is 0 Å². The Morgan fingerprint density at radius 2 is 1.86 bits per heavy atom. The van der Waals surface area contributed by atoms with Gasteiger partial charge in [0.2, 0.25) is 0 Å². The molecule has 0 aliphatic heterocycles. The highest BCUT2D eigenvalue weighted by molar-refractivity contribution is 7.22. The highest BCUT2D eigenvalue weighted by Gasteiger charge is 2.23. The second-order valence-corrected chi connectivity index (χ2v) is 7.90. The molecule has 0 aliphatic carbocycles. The van der Waals surface area contributed by atoms with Crippen LogP contribution in [0.1, 0.15) is 29.8 Å². The van der Waals surface area contributed by atoms with Gasteiger partial charge in [0.05, 0.1) is 41.3 Å². The Morgan fingerprint density at radius 1 is 1.17 bits per heavy atom. The summed E-state index contributed by atoms with van der Waals surface area (Å²) in [5, 5.41) is 11.6. The molecule has 3 aromatic rings. The summed E-state index contributed by atoms with van der Waals surface area (Å²) >= 11 is 1.49. The first kappa shape index (κ1) is 20.9. The van der Waals surface area contributed by atoms with E-state index in [-0.39, 0.29) is 11.6 Å². The molecule has 0 spiro atoms. The molecular formula is C21H25N4O3S+. The Hall–Kier alpha value is -2.84. The van der Waals surface area contributed by atoms with Crippen molar-refractivity contribution in [2.45, 2.75) is 20.8 Å². The topological polar surface area (TPSA) is 80.8 Å². The van der Waals surface area contributed by atoms with Gasteiger partial charge in [-0.15, -0.1) is 0 Å². The number of nitro groups is 1. The Kier molecular flexibility index (Phi) is 6.56. The number of para-hydroxylation sites is 1. The minimum Gasteiger partial charge on any atom is -0.334 e. The van der Waals surface area contributed by atoms with Crippen molar-refractivity contribution in [2.75, 3.05) is 31.1 Å². The van der Waals surface area contributed by atoms with Gasteiger partial charge in [0, 0.05) is 17.7 Å². The molecular weight excluding hydrogens is 388 g/mol. The van der Waals surface area contributed by atoms with E-state index < -0.39 is 4.92 Å². The fourth-order valence-electron chi connectivity index (χ4n) is 3.23. The summed E-state index contributed by atoms with van der Waals surface area (Å²) < 4.78 is 1.04. The number of carbonyl (C=O) groups is 1. The fourth-order valence-corrected chi connectivity index (χ4v) is 4.30. The number of likely N-dealkylation sites (N-methyl/N-ethyl adjacent to an activating group) is 1. The van der Waals surface area contributed by atoms with E-state index in [2.05, 4.69) is 13.8 Å². The molecule has 29 heavy (non-hydrogen) atoms. The number of benzene rings is 2. The van der Waals surface area contributed by atoms with Gasteiger partial charge in [-0.3, -0.25) is 19.8 Å². The van der Waals surface area contributed by atoms with Gasteiger partial charge in [0.15, 0.2) is 5.13 Å². The number of carbonyl (C=O) groups excluding carboxylic acids is 1. The quantitative estimate of drug-likeness (QED) is 0.455. The lowest BCUT2D eigenvalue weighted by Gasteiger charge is -2.23. The van der Waals surface area contributed by atoms with Crippen LogP contribution < -0.4 is 9.80 Å². The van der Waals surface area contributed by atoms with Crippen LogP contribution in [0.2, 0.25) is 0 Å². The normalized spacial score (nSPS) is 11.2. The Morgan fingerprint density at radius 3 is 2.45 bits per heavy atom. The van der Waals surface area contributed by atoms with Crippen LogP contribution in [0.4, 0.5) is 10.8 Å². The number of aryl methyl sites for hydroxylation is 1. The SMILES string of the molecule is CC[NH+](CC)CCN(C(=O)c1ccc([N+](=O)[O-])cc1)c1nc2c(C)cccc2s1. The number of amides is 1. The molecule has 0 bridgehead atoms. The maximum Gasteiger partial charge on any atom is 0.269 e. The molecule has 152 valence electrons. The van der Waals surface area contributed by atoms with Gasteiger partial charge in [-0.05, 0) is 44.5 Å². The molecule has 1 N–H and O–H groups in total. The third-order valence-corrected chi connectivity index (χ3v) is 6.14. The first-order valence-corrected chi connectivity index (χ1v) is 10.5. The number of nitrogens with one attached hydrogen (secondary N) is 1. The number of anilines is 1. The number of nitrogens with zero attached hydrogens (tertiary/aromatic N) is 3. The van der Waals surface area contributed by atoms with E-state index in [0.29, 0.717) is 17.2 Å². The summed E-state index contributed by atoms with van der Waals surface area (Å²) in [6.07, 6.45) is 0. The highest BCUT2D eigenvalue weighted by Crippen LogP contribution is 2.31. The average molecular weight is 414 g/mol. The predicted octanol–water partition coefficient (Wildman–Crippen LogP) is 3.08. The van der Waals surface area contributed by atoms with Crippen LogP contribution in [-0.2, 0) is 0 Å². The molecule has 1 heterocycles. The average Bonchev–Trinajstić information content (AvgIpc) is 3.16. The van der Waals surface area contributed by atoms with Crippen LogP contribution in [0.25, 0.3) is 10.2 Å². The molecule has 0 unspecified atom stereocenters. The monoisotopic (exact) mass is 413 g/mol. The minimum absolute atomic E-state index is 0.0312. The van der Waals surface area contributed by atoms with Gasteiger partial charge in [0.1, 0.15) is 0 Å². The van der Waals surface area contributed by atoms with Crippen molar-refractivity contribution in [2.24, 2.45) is 0 Å². The Labute approximate surface area is 173 Å². The first-order chi connectivity index (χ1) is 13.9. The van der Waals surface area contributed by atoms with E-state index >= 15 is 0 Å². The van der Waals surface area contributed by atoms with Gasteiger partial charge < -0.3 is 4.90 Å². The van der Waals surface area contributed by atoms with Crippen LogP contribution in [0, 0.1) is 17.0 Å². The molecule has 0 fully saturated rings. The largest absolute Gasteiger partial charge is 0.334 e. The molecule has 0 saturated heterocycles. The highest BCUT2D eigenvalue weighted by atomic mass is 32.1. The van der Waals surface area contributed by atoms with Crippen LogP contribution in [-0.4, -0.2) is 42.0 Å². The molecule has 2 aromatic carbocycles. The summed E-state index contributed by atoms with van der Waals surface area (Å²) in [4.78, 5) is 31.6. The smallest absolute Gasteiger partial charge is 0.269 e. The fraction of sp³-hybridized carbons (Fsp3) is 0.333. The number of aromatic nitrogens is 1. The van der Waals surface area contributed by atoms with Crippen molar-refractivity contribution < 1.29 is 14.6 Å². The van der Waals surface area contributed by atoms with Crippen molar-refractivity contribution in [3.05, 3.63) is 63.7 Å². The van der Waals surface area contributed by atoms with Gasteiger partial charge in [-0.1, -0.05) is 23.5 Å². The molecule has 0 atom stereocenters. The van der Waals surface area contributed by atoms with E-state index in [4.69, 9.17) is 4.98 Å². The zero-order valence-electron chi connectivity index (χ0n) is 16.8. The number of quaternary nitrogens is 1. The maximum absolute atomic E-state index is 13.3. The van der Waals surface area contributed by atoms with Crippen molar-refractivity contribution in [1.82, 2.24) is 4.98 Å². The van der Waals surface area contributed by atoms with Crippen molar-refractivity contribution >= 4 is 38.3 Å². The van der Waals surface area contributed by atoms with E-state index in [1.807, 2.05) is 25.1 Å². The third kappa shape index (κ3) is 4.60. The molecule has 8 heteroatoms. The lowest BCUT2D eigenvalue weighted by molar-refractivity contribution is -0.894. The van der Waals surface area contributed by atoms with Gasteiger partial charge in [-0.25, -0.2) is 4.98 Å². The summed E-state index contributed by atoms with van der Waals surface area (Å²) in [6, 6.07) is 11.8. The molecule has 1 amide bonds. The van der Waals surface area contributed by atoms with E-state index in [0.717, 1.165) is 35.4 Å². The maximum atomic E-state index is 13.3. The van der Waals surface area contributed by atoms with Gasteiger partial charge in [-0.2, -0.15) is 0 Å². The number of thiazole rings is 1. The standard InChI is InChI=1S/C21H24N4O3S/c1-4-23(5-2)13-14-24(20(26)16-9-11-17(12-10-16)25(27)28)21-22-19-15(3)7-6-8-18(19)29-21/h6-12H,4-5,13-14H2,1-3H3/p+1. The molecule has 0 saturated carbocycles. The van der Waals surface area contributed by atoms with Crippen LogP contribution in [0.5, 0.6) is 0 Å². The lowest BCUT2D eigenvalue weighted by Crippen LogP contribution is -3.12. The molecule has 0 aliphatic rings. The summed E-state index contributed by atoms with van der Waals surface area (Å²) in [5.41, 5.74) is 2.36. The van der Waals surface area contributed by atoms with E-state index in [1.165, 1.54) is 40.5 Å². The van der Waals surface area contributed by atoms with E-state index in [1.54, 1.807) is 4.90 Å². The van der Waals surface area contributed by atoms with Gasteiger partial charge in [0.25, 0.3) is 11.6 Å².